The van der Waals surface area contributed by atoms with Crippen molar-refractivity contribution in [2.24, 2.45) is 5.73 Å². The first-order valence-electron chi connectivity index (χ1n) is 5.41. The number of hydrogen-bond donors (Lipinski definition) is 3. The summed E-state index contributed by atoms with van der Waals surface area (Å²) in [6, 6.07) is 0.266. The van der Waals surface area contributed by atoms with E-state index in [0.29, 0.717) is 0 Å². The van der Waals surface area contributed by atoms with Gasteiger partial charge in [0.15, 0.2) is 0 Å². The first-order chi connectivity index (χ1) is 6.98. The molecule has 6 heteroatoms. The van der Waals surface area contributed by atoms with Crippen LogP contribution in [0.3, 0.4) is 0 Å². The lowest BCUT2D eigenvalue weighted by molar-refractivity contribution is 0.0678. The maximum absolute atomic E-state index is 9.56. The van der Waals surface area contributed by atoms with E-state index in [1.54, 1.807) is 0 Å². The minimum absolute atomic E-state index is 0.201. The summed E-state index contributed by atoms with van der Waals surface area (Å²) < 4.78 is 26.9. The number of nitrogens with two attached hydrogens (primary N) is 1. The van der Waals surface area contributed by atoms with Crippen molar-refractivity contribution in [3.63, 3.8) is 0 Å². The van der Waals surface area contributed by atoms with Gasteiger partial charge in [-0.2, -0.15) is 8.42 Å². The molecular weight excluding hydrogens is 230 g/mol. The Hall–Kier alpha value is -0.170. The van der Waals surface area contributed by atoms with Gasteiger partial charge in [-0.25, -0.2) is 0 Å². The molecule has 0 aliphatic carbocycles. The molecule has 16 heavy (non-hydrogen) atoms. The molecule has 1 atom stereocenters. The van der Waals surface area contributed by atoms with Crippen LogP contribution in [-0.4, -0.2) is 35.5 Å². The third-order valence-corrected chi connectivity index (χ3v) is 2.54. The van der Waals surface area contributed by atoms with Gasteiger partial charge in [0.25, 0.3) is 10.1 Å². The molecule has 0 aliphatic heterocycles. The minimum Gasteiger partial charge on any atom is -0.390 e. The Balaban J connectivity index is 0. The van der Waals surface area contributed by atoms with Crippen LogP contribution in [0.15, 0.2) is 0 Å². The lowest BCUT2D eigenvalue weighted by atomic mass is 10.0. The van der Waals surface area contributed by atoms with Crippen LogP contribution in [0.25, 0.3) is 0 Å². The van der Waals surface area contributed by atoms with Crippen LogP contribution in [0.2, 0.25) is 0 Å². The van der Waals surface area contributed by atoms with Gasteiger partial charge in [0.05, 0.1) is 11.4 Å². The molecule has 0 spiro atoms. The van der Waals surface area contributed by atoms with E-state index in [-0.39, 0.29) is 11.8 Å². The van der Waals surface area contributed by atoms with Crippen molar-refractivity contribution < 1.29 is 18.1 Å². The number of rotatable bonds is 5. The lowest BCUT2D eigenvalue weighted by Crippen LogP contribution is -2.20. The van der Waals surface area contributed by atoms with Crippen LogP contribution in [-0.2, 0) is 10.1 Å². The van der Waals surface area contributed by atoms with Gasteiger partial charge in [0.2, 0.25) is 0 Å². The predicted octanol–water partition coefficient (Wildman–Crippen LogP) is 1.17. The first kappa shape index (κ1) is 18.2. The van der Waals surface area contributed by atoms with Crippen molar-refractivity contribution in [2.75, 3.05) is 5.75 Å². The van der Waals surface area contributed by atoms with Gasteiger partial charge < -0.3 is 10.8 Å². The molecule has 0 fully saturated rings. The van der Waals surface area contributed by atoms with Crippen LogP contribution in [0, 0.1) is 0 Å². The third kappa shape index (κ3) is 23.6. The van der Waals surface area contributed by atoms with Gasteiger partial charge in [-0.05, 0) is 47.0 Å². The van der Waals surface area contributed by atoms with E-state index in [1.165, 1.54) is 6.92 Å². The van der Waals surface area contributed by atoms with Gasteiger partial charge in [-0.1, -0.05) is 0 Å². The molecule has 0 saturated carbocycles. The molecule has 4 N–H and O–H groups in total. The monoisotopic (exact) mass is 255 g/mol. The Kier molecular flexibility index (Phi) is 9.10. The van der Waals surface area contributed by atoms with Crippen molar-refractivity contribution >= 4 is 10.1 Å². The van der Waals surface area contributed by atoms with E-state index in [9.17, 15) is 13.5 Å². The van der Waals surface area contributed by atoms with Gasteiger partial charge in [0.1, 0.15) is 0 Å². The van der Waals surface area contributed by atoms with E-state index in [1.807, 2.05) is 20.8 Å². The molecule has 0 aromatic heterocycles. The quantitative estimate of drug-likeness (QED) is 0.640. The Morgan fingerprint density at radius 2 is 1.75 bits per heavy atom. The maximum atomic E-state index is 9.56. The Bertz CT molecular complexity index is 254. The fraction of sp³-hybridized carbons (Fsp3) is 1.00. The second-order valence-electron chi connectivity index (χ2n) is 4.55. The van der Waals surface area contributed by atoms with E-state index in [4.69, 9.17) is 10.3 Å². The fourth-order valence-electron chi connectivity index (χ4n) is 0.857. The van der Waals surface area contributed by atoms with Crippen molar-refractivity contribution in [3.8, 4) is 0 Å². The van der Waals surface area contributed by atoms with Gasteiger partial charge in [0, 0.05) is 6.04 Å². The van der Waals surface area contributed by atoms with Crippen LogP contribution >= 0.6 is 0 Å². The molecule has 0 bridgehead atoms. The molecule has 1 unspecified atom stereocenters. The molecule has 0 aromatic carbocycles. The molecular formula is C10H25NO4S. The normalized spacial score (nSPS) is 13.9. The van der Waals surface area contributed by atoms with E-state index in [2.05, 4.69) is 0 Å². The average Bonchev–Trinajstić information content (AvgIpc) is 2.00. The highest BCUT2D eigenvalue weighted by molar-refractivity contribution is 7.85. The van der Waals surface area contributed by atoms with E-state index >= 15 is 0 Å². The molecule has 0 aliphatic rings. The molecule has 0 radical (unpaired) electrons. The van der Waals surface area contributed by atoms with E-state index in [0.717, 1.165) is 19.3 Å². The second-order valence-corrected chi connectivity index (χ2v) is 6.29. The van der Waals surface area contributed by atoms with Crippen molar-refractivity contribution in [3.05, 3.63) is 0 Å². The van der Waals surface area contributed by atoms with Gasteiger partial charge >= 0.3 is 0 Å². The highest BCUT2D eigenvalue weighted by Gasteiger charge is 2.11. The minimum atomic E-state index is -3.66. The smallest absolute Gasteiger partial charge is 0.264 e. The zero-order chi connectivity index (χ0) is 13.4. The first-order valence-corrected chi connectivity index (χ1v) is 7.02. The molecule has 0 heterocycles. The SMILES string of the molecule is CC(N)CCCC(C)(C)O.CCS(=O)(=O)O. The topological polar surface area (TPSA) is 101 Å². The predicted molar refractivity (Wildman–Crippen MR) is 65.9 cm³/mol. The zero-order valence-corrected chi connectivity index (χ0v) is 11.4. The van der Waals surface area contributed by atoms with Crippen molar-refractivity contribution in [1.29, 1.82) is 0 Å². The summed E-state index contributed by atoms with van der Waals surface area (Å²) in [7, 11) is -3.66. The Morgan fingerprint density at radius 3 is 1.94 bits per heavy atom. The molecule has 0 saturated heterocycles. The summed E-state index contributed by atoms with van der Waals surface area (Å²) in [6.45, 7) is 7.02. The molecule has 0 rings (SSSR count). The van der Waals surface area contributed by atoms with Crippen LogP contribution < -0.4 is 5.73 Å². The highest BCUT2D eigenvalue weighted by atomic mass is 32.2. The number of hydrogen-bond acceptors (Lipinski definition) is 4. The highest BCUT2D eigenvalue weighted by Crippen LogP contribution is 2.12. The maximum Gasteiger partial charge on any atom is 0.264 e. The number of aliphatic hydroxyl groups is 1. The molecule has 0 aromatic rings. The zero-order valence-electron chi connectivity index (χ0n) is 10.6. The fourth-order valence-corrected chi connectivity index (χ4v) is 0.857. The van der Waals surface area contributed by atoms with Crippen LogP contribution in [0.1, 0.15) is 47.0 Å². The summed E-state index contributed by atoms with van der Waals surface area (Å²) in [5.74, 6) is -0.201. The molecule has 0 amide bonds. The summed E-state index contributed by atoms with van der Waals surface area (Å²) in [5, 5.41) is 9.29. The van der Waals surface area contributed by atoms with Crippen molar-refractivity contribution in [2.45, 2.75) is 58.6 Å². The summed E-state index contributed by atoms with van der Waals surface area (Å²) >= 11 is 0. The average molecular weight is 255 g/mol. The lowest BCUT2D eigenvalue weighted by Gasteiger charge is -2.16. The van der Waals surface area contributed by atoms with E-state index < -0.39 is 15.7 Å². The summed E-state index contributed by atoms with van der Waals surface area (Å²) in [5.41, 5.74) is 5.02. The van der Waals surface area contributed by atoms with Gasteiger partial charge in [-0.3, -0.25) is 4.55 Å². The Labute approximate surface area is 98.8 Å². The Morgan fingerprint density at radius 1 is 1.38 bits per heavy atom. The molecule has 100 valence electrons. The van der Waals surface area contributed by atoms with Crippen LogP contribution in [0.5, 0.6) is 0 Å². The van der Waals surface area contributed by atoms with Gasteiger partial charge in [-0.15, -0.1) is 0 Å². The summed E-state index contributed by atoms with van der Waals surface area (Å²) in [6.07, 6.45) is 2.86. The van der Waals surface area contributed by atoms with Crippen LogP contribution in [0.4, 0.5) is 0 Å². The summed E-state index contributed by atoms with van der Waals surface area (Å²) in [4.78, 5) is 0. The largest absolute Gasteiger partial charge is 0.390 e. The standard InChI is InChI=1S/C8H19NO.C2H6O3S/c1-7(9)5-4-6-8(2,3)10;1-2-6(3,4)5/h7,10H,4-6,9H2,1-3H3;2H2,1H3,(H,3,4,5). The third-order valence-electron chi connectivity index (χ3n) is 1.81. The second kappa shape index (κ2) is 8.00. The molecule has 5 nitrogen and oxygen atoms in total. The van der Waals surface area contributed by atoms with Crippen molar-refractivity contribution in [1.82, 2.24) is 0 Å².